The molecule has 0 spiro atoms. The number of benzene rings is 1. The number of rotatable bonds is 5. The lowest BCUT2D eigenvalue weighted by Gasteiger charge is -2.36. The molecule has 2 aliphatic rings. The highest BCUT2D eigenvalue weighted by Crippen LogP contribution is 2.41. The molecule has 0 radical (unpaired) electrons. The number of fused-ring (bicyclic) bond motifs is 1. The van der Waals surface area contributed by atoms with Crippen LogP contribution in [0.4, 0.5) is 13.2 Å². The lowest BCUT2D eigenvalue weighted by Crippen LogP contribution is -2.27. The van der Waals surface area contributed by atoms with Crippen molar-refractivity contribution in [1.82, 2.24) is 0 Å². The molecular weight excluding hydrogens is 309 g/mol. The first-order valence-corrected chi connectivity index (χ1v) is 9.75. The second-order valence-corrected chi connectivity index (χ2v) is 7.90. The largest absolute Gasteiger partial charge is 0.204 e. The molecule has 1 unspecified atom stereocenters. The van der Waals surface area contributed by atoms with E-state index in [4.69, 9.17) is 0 Å². The van der Waals surface area contributed by atoms with Crippen molar-refractivity contribution < 1.29 is 13.2 Å². The molecule has 0 nitrogen and oxygen atoms in total. The summed E-state index contributed by atoms with van der Waals surface area (Å²) < 4.78 is 40.8. The Morgan fingerprint density at radius 1 is 0.917 bits per heavy atom. The third kappa shape index (κ3) is 3.81. The summed E-state index contributed by atoms with van der Waals surface area (Å²) >= 11 is 0. The number of hydrogen-bond acceptors (Lipinski definition) is 0. The van der Waals surface area contributed by atoms with Gasteiger partial charge in [-0.3, -0.25) is 0 Å². The third-order valence-electron chi connectivity index (χ3n) is 6.38. The van der Waals surface area contributed by atoms with Crippen LogP contribution in [0, 0.1) is 35.2 Å². The molecule has 0 saturated heterocycles. The fourth-order valence-electron chi connectivity index (χ4n) is 4.88. The minimum absolute atomic E-state index is 0.415. The van der Waals surface area contributed by atoms with E-state index >= 15 is 0 Å². The van der Waals surface area contributed by atoms with Gasteiger partial charge in [0, 0.05) is 0 Å². The lowest BCUT2D eigenvalue weighted by molar-refractivity contribution is 0.182. The maximum absolute atomic E-state index is 13.9. The zero-order chi connectivity index (χ0) is 17.1. The molecule has 134 valence electrons. The molecule has 0 N–H and O–H groups in total. The predicted octanol–water partition coefficient (Wildman–Crippen LogP) is 6.60. The van der Waals surface area contributed by atoms with Crippen molar-refractivity contribution in [3.05, 3.63) is 34.6 Å². The zero-order valence-corrected chi connectivity index (χ0v) is 14.7. The molecule has 1 fully saturated rings. The van der Waals surface area contributed by atoms with E-state index in [1.807, 2.05) is 0 Å². The monoisotopic (exact) mass is 338 g/mol. The Bertz CT molecular complexity index is 559. The van der Waals surface area contributed by atoms with Gasteiger partial charge in [0.2, 0.25) is 0 Å². The fourth-order valence-corrected chi connectivity index (χ4v) is 4.88. The van der Waals surface area contributed by atoms with Crippen molar-refractivity contribution in [2.75, 3.05) is 0 Å². The summed E-state index contributed by atoms with van der Waals surface area (Å²) in [6, 6.07) is 1.23. The SMILES string of the molecule is CCCCCC1CCC(C2CCc3c(cc(F)c(F)c3F)C2)CC1. The second-order valence-electron chi connectivity index (χ2n) is 7.90. The van der Waals surface area contributed by atoms with Crippen LogP contribution in [0.1, 0.15) is 75.8 Å². The van der Waals surface area contributed by atoms with E-state index in [2.05, 4.69) is 6.92 Å². The molecule has 0 bridgehead atoms. The lowest BCUT2D eigenvalue weighted by atomic mass is 9.69. The molecule has 0 amide bonds. The van der Waals surface area contributed by atoms with Gasteiger partial charge >= 0.3 is 0 Å². The Balaban J connectivity index is 1.57. The van der Waals surface area contributed by atoms with E-state index in [9.17, 15) is 13.2 Å². The van der Waals surface area contributed by atoms with Crippen molar-refractivity contribution in [3.8, 4) is 0 Å². The number of halogens is 3. The van der Waals surface area contributed by atoms with Gasteiger partial charge in [0.25, 0.3) is 0 Å². The highest BCUT2D eigenvalue weighted by molar-refractivity contribution is 5.33. The highest BCUT2D eigenvalue weighted by atomic mass is 19.2. The first-order valence-electron chi connectivity index (χ1n) is 9.75. The van der Waals surface area contributed by atoms with E-state index in [-0.39, 0.29) is 0 Å². The zero-order valence-electron chi connectivity index (χ0n) is 14.7. The summed E-state index contributed by atoms with van der Waals surface area (Å²) in [5.41, 5.74) is 1.12. The highest BCUT2D eigenvalue weighted by Gasteiger charge is 2.32. The van der Waals surface area contributed by atoms with Crippen LogP contribution >= 0.6 is 0 Å². The van der Waals surface area contributed by atoms with Gasteiger partial charge in [-0.2, -0.15) is 0 Å². The summed E-state index contributed by atoms with van der Waals surface area (Å²) in [5, 5.41) is 0. The van der Waals surface area contributed by atoms with Crippen molar-refractivity contribution in [1.29, 1.82) is 0 Å². The van der Waals surface area contributed by atoms with Gasteiger partial charge in [-0.05, 0) is 67.1 Å². The van der Waals surface area contributed by atoms with Gasteiger partial charge in [0.1, 0.15) is 0 Å². The van der Waals surface area contributed by atoms with E-state index in [1.54, 1.807) is 0 Å². The van der Waals surface area contributed by atoms with Crippen LogP contribution in [-0.2, 0) is 12.8 Å². The van der Waals surface area contributed by atoms with Crippen LogP contribution in [0.3, 0.4) is 0 Å². The Morgan fingerprint density at radius 2 is 1.67 bits per heavy atom. The van der Waals surface area contributed by atoms with Crippen LogP contribution in [0.15, 0.2) is 6.07 Å². The molecular formula is C21H29F3. The molecule has 2 aliphatic carbocycles. The first kappa shape index (κ1) is 17.8. The minimum Gasteiger partial charge on any atom is -0.204 e. The minimum atomic E-state index is -1.31. The molecule has 3 heteroatoms. The Labute approximate surface area is 143 Å². The molecule has 1 aromatic carbocycles. The molecule has 1 atom stereocenters. The molecule has 0 heterocycles. The Hall–Kier alpha value is -0.990. The average Bonchev–Trinajstić information content (AvgIpc) is 2.60. The molecule has 3 rings (SSSR count). The van der Waals surface area contributed by atoms with Crippen LogP contribution in [0.25, 0.3) is 0 Å². The quantitative estimate of drug-likeness (QED) is 0.419. The van der Waals surface area contributed by atoms with Crippen molar-refractivity contribution in [3.63, 3.8) is 0 Å². The number of hydrogen-bond donors (Lipinski definition) is 0. The molecule has 24 heavy (non-hydrogen) atoms. The normalized spacial score (nSPS) is 27.1. The van der Waals surface area contributed by atoms with Crippen LogP contribution in [0.5, 0.6) is 0 Å². The van der Waals surface area contributed by atoms with Crippen LogP contribution in [-0.4, -0.2) is 0 Å². The van der Waals surface area contributed by atoms with E-state index < -0.39 is 17.5 Å². The van der Waals surface area contributed by atoms with Crippen molar-refractivity contribution in [2.24, 2.45) is 17.8 Å². The van der Waals surface area contributed by atoms with Crippen molar-refractivity contribution >= 4 is 0 Å². The van der Waals surface area contributed by atoms with Gasteiger partial charge in [-0.15, -0.1) is 0 Å². The summed E-state index contributed by atoms with van der Waals surface area (Å²) in [4.78, 5) is 0. The summed E-state index contributed by atoms with van der Waals surface area (Å²) in [6.45, 7) is 2.25. The fraction of sp³-hybridized carbons (Fsp3) is 0.714. The van der Waals surface area contributed by atoms with E-state index in [0.717, 1.165) is 12.3 Å². The summed E-state index contributed by atoms with van der Waals surface area (Å²) in [6.07, 6.45) is 12.7. The van der Waals surface area contributed by atoms with Gasteiger partial charge in [-0.25, -0.2) is 13.2 Å². The standard InChI is InChI=1S/C21H29F3/c1-2-3-4-5-14-6-8-15(9-7-14)16-10-11-18-17(12-16)13-19(22)21(24)20(18)23/h13-16H,2-12H2,1H3. The van der Waals surface area contributed by atoms with Crippen LogP contribution < -0.4 is 0 Å². The van der Waals surface area contributed by atoms with Gasteiger partial charge in [0.15, 0.2) is 17.5 Å². The maximum atomic E-state index is 13.9. The van der Waals surface area contributed by atoms with Crippen molar-refractivity contribution in [2.45, 2.75) is 77.6 Å². The van der Waals surface area contributed by atoms with E-state index in [0.29, 0.717) is 35.8 Å². The average molecular weight is 338 g/mol. The topological polar surface area (TPSA) is 0 Å². The second kappa shape index (κ2) is 7.93. The molecule has 0 aromatic heterocycles. The summed E-state index contributed by atoms with van der Waals surface area (Å²) in [7, 11) is 0. The first-order chi connectivity index (χ1) is 11.6. The van der Waals surface area contributed by atoms with Crippen LogP contribution in [0.2, 0.25) is 0 Å². The number of unbranched alkanes of at least 4 members (excludes halogenated alkanes) is 2. The molecule has 1 aromatic rings. The van der Waals surface area contributed by atoms with Gasteiger partial charge < -0.3 is 0 Å². The van der Waals surface area contributed by atoms with E-state index in [1.165, 1.54) is 57.4 Å². The Kier molecular flexibility index (Phi) is 5.89. The molecule has 0 aliphatic heterocycles. The summed E-state index contributed by atoms with van der Waals surface area (Å²) in [5.74, 6) is -1.22. The third-order valence-corrected chi connectivity index (χ3v) is 6.38. The molecule has 1 saturated carbocycles. The van der Waals surface area contributed by atoms with Gasteiger partial charge in [0.05, 0.1) is 0 Å². The Morgan fingerprint density at radius 3 is 2.38 bits per heavy atom. The predicted molar refractivity (Wildman–Crippen MR) is 91.4 cm³/mol. The smallest absolute Gasteiger partial charge is 0.194 e. The van der Waals surface area contributed by atoms with Gasteiger partial charge in [-0.1, -0.05) is 45.4 Å². The maximum Gasteiger partial charge on any atom is 0.194 e.